The summed E-state index contributed by atoms with van der Waals surface area (Å²) in [6.45, 7) is 4.68. The molecule has 6 nitrogen and oxygen atoms in total. The van der Waals surface area contributed by atoms with Crippen LogP contribution in [-0.4, -0.2) is 50.6 Å². The Morgan fingerprint density at radius 1 is 0.700 bits per heavy atom. The van der Waals surface area contributed by atoms with Crippen molar-refractivity contribution in [1.82, 2.24) is 0 Å². The van der Waals surface area contributed by atoms with Gasteiger partial charge in [0.15, 0.2) is 0 Å². The zero-order valence-electron chi connectivity index (χ0n) is 19.1. The second kappa shape index (κ2) is 8.99. The smallest absolute Gasteiger partial charge is 0.315 e. The molecule has 0 unspecified atom stereocenters. The van der Waals surface area contributed by atoms with Crippen LogP contribution in [0.15, 0.2) is 12.2 Å². The van der Waals surface area contributed by atoms with Crippen LogP contribution in [0.5, 0.6) is 0 Å². The Bertz CT molecular complexity index is 634. The van der Waals surface area contributed by atoms with Crippen LogP contribution in [0, 0.1) is 10.8 Å². The number of hydrogen-bond acceptors (Lipinski definition) is 6. The van der Waals surface area contributed by atoms with Crippen LogP contribution in [0.3, 0.4) is 0 Å². The van der Waals surface area contributed by atoms with Crippen molar-refractivity contribution >= 4 is 11.9 Å². The number of ether oxygens (including phenoxy) is 4. The van der Waals surface area contributed by atoms with Crippen molar-refractivity contribution in [2.75, 3.05) is 27.4 Å². The fourth-order valence-electron chi connectivity index (χ4n) is 5.63. The Kier molecular flexibility index (Phi) is 6.97. The lowest BCUT2D eigenvalue weighted by atomic mass is 9.58. The Morgan fingerprint density at radius 3 is 1.63 bits per heavy atom. The molecule has 4 fully saturated rings. The van der Waals surface area contributed by atoms with Crippen LogP contribution in [0.1, 0.15) is 78.1 Å². The molecule has 0 amide bonds. The summed E-state index contributed by atoms with van der Waals surface area (Å²) in [5.41, 5.74) is -0.547. The van der Waals surface area contributed by atoms with E-state index in [1.165, 1.54) is 0 Å². The molecule has 0 N–H and O–H groups in total. The second-order valence-electron chi connectivity index (χ2n) is 9.37. The highest BCUT2D eigenvalue weighted by Gasteiger charge is 2.53. The Balaban J connectivity index is 0.000000171. The first kappa shape index (κ1) is 23.3. The minimum Gasteiger partial charge on any atom is -0.466 e. The lowest BCUT2D eigenvalue weighted by Gasteiger charge is -2.50. The Hall–Kier alpha value is -1.40. The number of esters is 2. The maximum Gasteiger partial charge on any atom is 0.315 e. The molecule has 0 atom stereocenters. The number of fused-ring (bicyclic) bond motifs is 5. The van der Waals surface area contributed by atoms with E-state index in [0.717, 1.165) is 64.2 Å². The van der Waals surface area contributed by atoms with Crippen LogP contribution in [0.2, 0.25) is 0 Å². The van der Waals surface area contributed by atoms with E-state index in [1.807, 2.05) is 19.9 Å². The molecule has 6 rings (SSSR count). The number of carbonyl (C=O) groups excluding carboxylic acids is 2. The molecule has 0 saturated heterocycles. The third-order valence-electron chi connectivity index (χ3n) is 8.10. The maximum absolute atomic E-state index is 11.9. The predicted molar refractivity (Wildman–Crippen MR) is 113 cm³/mol. The van der Waals surface area contributed by atoms with Gasteiger partial charge in [0.1, 0.15) is 0 Å². The maximum atomic E-state index is 11.9. The zero-order chi connectivity index (χ0) is 21.9. The second-order valence-corrected chi connectivity index (χ2v) is 9.37. The third kappa shape index (κ3) is 4.18. The summed E-state index contributed by atoms with van der Waals surface area (Å²) in [5.74, 6) is -0.0416. The highest BCUT2D eigenvalue weighted by atomic mass is 16.5. The number of hydrogen-bond donors (Lipinski definition) is 0. The van der Waals surface area contributed by atoms with Gasteiger partial charge in [-0.1, -0.05) is 12.2 Å². The van der Waals surface area contributed by atoms with Crippen LogP contribution in [0.4, 0.5) is 0 Å². The summed E-state index contributed by atoms with van der Waals surface area (Å²) >= 11 is 0. The number of carbonyl (C=O) groups is 2. The zero-order valence-corrected chi connectivity index (χ0v) is 19.1. The van der Waals surface area contributed by atoms with Crippen LogP contribution in [-0.2, 0) is 28.5 Å². The Morgan fingerprint density at radius 2 is 1.23 bits per heavy atom. The largest absolute Gasteiger partial charge is 0.466 e. The van der Waals surface area contributed by atoms with E-state index < -0.39 is 0 Å². The van der Waals surface area contributed by atoms with Crippen molar-refractivity contribution < 1.29 is 28.5 Å². The molecule has 4 bridgehead atoms. The average Bonchev–Trinajstić information content (AvgIpc) is 2.82. The van der Waals surface area contributed by atoms with Crippen molar-refractivity contribution in [1.29, 1.82) is 0 Å². The SMILES string of the molecule is CCOC(=O)C12C=CC(OC)(CC1)CC2.CCOC(=O)C12CCC(OC)(CC1)CC2. The van der Waals surface area contributed by atoms with Gasteiger partial charge >= 0.3 is 11.9 Å². The molecular formula is C24H38O6. The Labute approximate surface area is 180 Å². The topological polar surface area (TPSA) is 71.1 Å². The molecule has 0 heterocycles. The molecule has 30 heavy (non-hydrogen) atoms. The first-order valence-electron chi connectivity index (χ1n) is 11.5. The lowest BCUT2D eigenvalue weighted by Crippen LogP contribution is -2.50. The van der Waals surface area contributed by atoms with Gasteiger partial charge in [0.25, 0.3) is 0 Å². The summed E-state index contributed by atoms with van der Waals surface area (Å²) in [4.78, 5) is 23.8. The fraction of sp³-hybridized carbons (Fsp3) is 0.833. The number of methoxy groups -OCH3 is 2. The van der Waals surface area contributed by atoms with E-state index in [2.05, 4.69) is 6.08 Å². The summed E-state index contributed by atoms with van der Waals surface area (Å²) < 4.78 is 21.4. The lowest BCUT2D eigenvalue weighted by molar-refractivity contribution is -0.174. The minimum absolute atomic E-state index is 0.0226. The summed E-state index contributed by atoms with van der Waals surface area (Å²) in [6, 6.07) is 0. The molecule has 0 spiro atoms. The predicted octanol–water partition coefficient (Wildman–Crippen LogP) is 4.35. The van der Waals surface area contributed by atoms with Crippen molar-refractivity contribution in [2.24, 2.45) is 10.8 Å². The average molecular weight is 423 g/mol. The monoisotopic (exact) mass is 422 g/mol. The van der Waals surface area contributed by atoms with Gasteiger partial charge in [0, 0.05) is 14.2 Å². The van der Waals surface area contributed by atoms with Gasteiger partial charge in [-0.3, -0.25) is 9.59 Å². The molecule has 0 aliphatic heterocycles. The molecule has 170 valence electrons. The molecule has 6 aliphatic rings. The van der Waals surface area contributed by atoms with E-state index in [-0.39, 0.29) is 34.0 Å². The van der Waals surface area contributed by atoms with Gasteiger partial charge in [0.2, 0.25) is 0 Å². The summed E-state index contributed by atoms with van der Waals surface area (Å²) in [7, 11) is 3.54. The van der Waals surface area contributed by atoms with E-state index in [4.69, 9.17) is 18.9 Å². The van der Waals surface area contributed by atoms with Gasteiger partial charge < -0.3 is 18.9 Å². The fourth-order valence-corrected chi connectivity index (χ4v) is 5.63. The highest BCUT2D eigenvalue weighted by molar-refractivity contribution is 5.80. The molecule has 6 aliphatic carbocycles. The summed E-state index contributed by atoms with van der Waals surface area (Å²) in [6.07, 6.45) is 13.5. The quantitative estimate of drug-likeness (QED) is 0.468. The molecule has 0 aromatic heterocycles. The van der Waals surface area contributed by atoms with E-state index >= 15 is 0 Å². The van der Waals surface area contributed by atoms with Gasteiger partial charge in [-0.2, -0.15) is 0 Å². The number of rotatable bonds is 6. The standard InChI is InChI=1S/C12H20O3.C12H18O3/c2*1-3-15-10(13)11-4-7-12(14-2,8-5-11)9-6-11/h3-9H2,1-2H3;4,7H,3,5-6,8-9H2,1-2H3. The molecule has 4 saturated carbocycles. The van der Waals surface area contributed by atoms with Crippen molar-refractivity contribution in [3.05, 3.63) is 12.2 Å². The first-order valence-corrected chi connectivity index (χ1v) is 11.5. The summed E-state index contributed by atoms with van der Waals surface area (Å²) in [5, 5.41) is 0. The molecular weight excluding hydrogens is 384 g/mol. The van der Waals surface area contributed by atoms with E-state index in [0.29, 0.717) is 13.2 Å². The van der Waals surface area contributed by atoms with Gasteiger partial charge in [0.05, 0.1) is 35.2 Å². The molecule has 0 aromatic rings. The molecule has 0 aromatic carbocycles. The van der Waals surface area contributed by atoms with Crippen LogP contribution >= 0.6 is 0 Å². The van der Waals surface area contributed by atoms with E-state index in [1.54, 1.807) is 14.2 Å². The molecule has 0 radical (unpaired) electrons. The van der Waals surface area contributed by atoms with Crippen LogP contribution in [0.25, 0.3) is 0 Å². The van der Waals surface area contributed by atoms with Gasteiger partial charge in [-0.15, -0.1) is 0 Å². The van der Waals surface area contributed by atoms with Crippen molar-refractivity contribution in [3.63, 3.8) is 0 Å². The first-order chi connectivity index (χ1) is 14.3. The molecule has 6 heteroatoms. The highest BCUT2D eigenvalue weighted by Crippen LogP contribution is 2.54. The van der Waals surface area contributed by atoms with Crippen molar-refractivity contribution in [3.8, 4) is 0 Å². The van der Waals surface area contributed by atoms with Crippen molar-refractivity contribution in [2.45, 2.75) is 89.3 Å². The van der Waals surface area contributed by atoms with Crippen LogP contribution < -0.4 is 0 Å². The third-order valence-corrected chi connectivity index (χ3v) is 8.10. The van der Waals surface area contributed by atoms with E-state index in [9.17, 15) is 9.59 Å². The normalized spacial score (nSPS) is 38.5. The van der Waals surface area contributed by atoms with Gasteiger partial charge in [-0.05, 0) is 78.1 Å². The minimum atomic E-state index is -0.351. The van der Waals surface area contributed by atoms with Gasteiger partial charge in [-0.25, -0.2) is 0 Å².